The lowest BCUT2D eigenvalue weighted by Crippen LogP contribution is -2.27. The highest BCUT2D eigenvalue weighted by atomic mass is 16.5. The molecule has 27 heavy (non-hydrogen) atoms. The van der Waals surface area contributed by atoms with Crippen molar-refractivity contribution in [1.29, 1.82) is 0 Å². The molecule has 1 amide bonds. The molecule has 0 saturated heterocycles. The molecule has 4 heteroatoms. The molecule has 0 unspecified atom stereocenters. The van der Waals surface area contributed by atoms with Crippen LogP contribution in [0.15, 0.2) is 84.9 Å². The van der Waals surface area contributed by atoms with Crippen molar-refractivity contribution in [1.82, 2.24) is 5.32 Å². The first-order valence-corrected chi connectivity index (χ1v) is 8.99. The van der Waals surface area contributed by atoms with Gasteiger partial charge in [-0.3, -0.25) is 4.79 Å². The van der Waals surface area contributed by atoms with E-state index in [-0.39, 0.29) is 11.9 Å². The van der Waals surface area contributed by atoms with E-state index in [0.717, 1.165) is 11.3 Å². The van der Waals surface area contributed by atoms with E-state index in [1.807, 2.05) is 79.7 Å². The Balaban J connectivity index is 1.57. The summed E-state index contributed by atoms with van der Waals surface area (Å²) in [4.78, 5) is 12.7. The number of carbonyl (C=O) groups is 1. The second-order valence-corrected chi connectivity index (χ2v) is 6.11. The molecule has 0 aliphatic rings. The van der Waals surface area contributed by atoms with Gasteiger partial charge in [-0.15, -0.1) is 0 Å². The minimum absolute atomic E-state index is 0.0897. The van der Waals surface area contributed by atoms with Crippen molar-refractivity contribution >= 4 is 5.91 Å². The first-order chi connectivity index (χ1) is 13.2. The predicted molar refractivity (Wildman–Crippen MR) is 106 cm³/mol. The maximum Gasteiger partial charge on any atom is 0.255 e. The maximum atomic E-state index is 12.7. The molecule has 0 heterocycles. The van der Waals surface area contributed by atoms with Gasteiger partial charge in [0.1, 0.15) is 24.7 Å². The third kappa shape index (κ3) is 5.35. The van der Waals surface area contributed by atoms with E-state index in [1.54, 1.807) is 12.1 Å². The molecule has 0 fully saturated rings. The van der Waals surface area contributed by atoms with Crippen molar-refractivity contribution in [2.24, 2.45) is 0 Å². The Hall–Kier alpha value is -3.27. The molecular formula is C23H23NO3. The molecule has 3 aromatic rings. The van der Waals surface area contributed by atoms with E-state index < -0.39 is 0 Å². The van der Waals surface area contributed by atoms with E-state index >= 15 is 0 Å². The van der Waals surface area contributed by atoms with Crippen LogP contribution in [-0.4, -0.2) is 19.1 Å². The van der Waals surface area contributed by atoms with E-state index in [2.05, 4.69) is 5.32 Å². The fraction of sp³-hybridized carbons (Fsp3) is 0.174. The summed E-state index contributed by atoms with van der Waals surface area (Å²) < 4.78 is 11.4. The van der Waals surface area contributed by atoms with Gasteiger partial charge in [-0.1, -0.05) is 60.7 Å². The number of carbonyl (C=O) groups excluding carboxylic acids is 1. The number of nitrogens with one attached hydrogen (secondary N) is 1. The lowest BCUT2D eigenvalue weighted by atomic mass is 10.1. The highest BCUT2D eigenvalue weighted by Gasteiger charge is 2.15. The number of ether oxygens (including phenoxy) is 2. The van der Waals surface area contributed by atoms with Crippen molar-refractivity contribution in [3.05, 3.63) is 96.1 Å². The van der Waals surface area contributed by atoms with Crippen LogP contribution in [0.25, 0.3) is 0 Å². The number of rotatable bonds is 8. The molecule has 0 spiro atoms. The van der Waals surface area contributed by atoms with Crippen LogP contribution in [0.3, 0.4) is 0 Å². The number of amides is 1. The third-order valence-electron chi connectivity index (χ3n) is 4.13. The molecule has 4 nitrogen and oxygen atoms in total. The summed E-state index contributed by atoms with van der Waals surface area (Å²) in [5.41, 5.74) is 1.57. The molecule has 0 aromatic heterocycles. The van der Waals surface area contributed by atoms with E-state index in [4.69, 9.17) is 9.47 Å². The quantitative estimate of drug-likeness (QED) is 0.595. The van der Waals surface area contributed by atoms with E-state index in [0.29, 0.717) is 24.5 Å². The zero-order valence-electron chi connectivity index (χ0n) is 15.3. The molecule has 3 aromatic carbocycles. The molecule has 1 N–H and O–H groups in total. The minimum atomic E-state index is -0.161. The minimum Gasteiger partial charge on any atom is -0.490 e. The Bertz CT molecular complexity index is 850. The summed E-state index contributed by atoms with van der Waals surface area (Å²) in [7, 11) is 0. The van der Waals surface area contributed by atoms with Gasteiger partial charge >= 0.3 is 0 Å². The largest absolute Gasteiger partial charge is 0.490 e. The maximum absolute atomic E-state index is 12.7. The Kier molecular flexibility index (Phi) is 6.47. The highest BCUT2D eigenvalue weighted by Crippen LogP contribution is 2.20. The van der Waals surface area contributed by atoms with Gasteiger partial charge in [0.05, 0.1) is 11.6 Å². The summed E-state index contributed by atoms with van der Waals surface area (Å²) >= 11 is 0. The van der Waals surface area contributed by atoms with Gasteiger partial charge in [0, 0.05) is 0 Å². The number of hydrogen-bond acceptors (Lipinski definition) is 3. The smallest absolute Gasteiger partial charge is 0.255 e. The molecule has 0 aliphatic carbocycles. The monoisotopic (exact) mass is 361 g/mol. The summed E-state index contributed by atoms with van der Waals surface area (Å²) in [6.07, 6.45) is 0. The Morgan fingerprint density at radius 3 is 2.15 bits per heavy atom. The highest BCUT2D eigenvalue weighted by molar-refractivity contribution is 5.97. The summed E-state index contributed by atoms with van der Waals surface area (Å²) in [5.74, 6) is 1.18. The van der Waals surface area contributed by atoms with Crippen LogP contribution in [-0.2, 0) is 0 Å². The number of benzene rings is 3. The van der Waals surface area contributed by atoms with Crippen LogP contribution in [0.4, 0.5) is 0 Å². The second-order valence-electron chi connectivity index (χ2n) is 6.11. The van der Waals surface area contributed by atoms with Crippen LogP contribution in [0.1, 0.15) is 28.9 Å². The van der Waals surface area contributed by atoms with Crippen LogP contribution < -0.4 is 14.8 Å². The average Bonchev–Trinajstić information content (AvgIpc) is 2.73. The molecule has 0 radical (unpaired) electrons. The fourth-order valence-corrected chi connectivity index (χ4v) is 2.71. The average molecular weight is 361 g/mol. The third-order valence-corrected chi connectivity index (χ3v) is 4.13. The van der Waals surface area contributed by atoms with Gasteiger partial charge in [0.2, 0.25) is 0 Å². The van der Waals surface area contributed by atoms with Gasteiger partial charge in [0.15, 0.2) is 0 Å². The Labute approximate surface area is 159 Å². The zero-order chi connectivity index (χ0) is 18.9. The van der Waals surface area contributed by atoms with Gasteiger partial charge < -0.3 is 14.8 Å². The first-order valence-electron chi connectivity index (χ1n) is 8.99. The van der Waals surface area contributed by atoms with Crippen molar-refractivity contribution in [2.45, 2.75) is 13.0 Å². The number of hydrogen-bond donors (Lipinski definition) is 1. The molecule has 0 aliphatic heterocycles. The van der Waals surface area contributed by atoms with Gasteiger partial charge in [-0.2, -0.15) is 0 Å². The summed E-state index contributed by atoms with van der Waals surface area (Å²) in [5, 5.41) is 3.02. The topological polar surface area (TPSA) is 47.6 Å². The van der Waals surface area contributed by atoms with E-state index in [1.165, 1.54) is 0 Å². The normalized spacial score (nSPS) is 11.4. The Morgan fingerprint density at radius 2 is 1.41 bits per heavy atom. The van der Waals surface area contributed by atoms with Crippen LogP contribution >= 0.6 is 0 Å². The standard InChI is InChI=1S/C23H23NO3/c1-18(19-10-4-2-5-11-19)24-23(25)21-14-8-9-15-22(21)27-17-16-26-20-12-6-3-7-13-20/h2-15,18H,16-17H2,1H3,(H,24,25)/t18-/m1/s1. The summed E-state index contributed by atoms with van der Waals surface area (Å²) in [6.45, 7) is 2.72. The molecule has 138 valence electrons. The van der Waals surface area contributed by atoms with Gasteiger partial charge in [0.25, 0.3) is 5.91 Å². The van der Waals surface area contributed by atoms with Crippen LogP contribution in [0.5, 0.6) is 11.5 Å². The lowest BCUT2D eigenvalue weighted by molar-refractivity contribution is 0.0934. The van der Waals surface area contributed by atoms with Gasteiger partial charge in [-0.05, 0) is 36.8 Å². The Morgan fingerprint density at radius 1 is 0.815 bits per heavy atom. The van der Waals surface area contributed by atoms with Crippen molar-refractivity contribution in [3.8, 4) is 11.5 Å². The zero-order valence-corrected chi connectivity index (χ0v) is 15.3. The molecule has 3 rings (SSSR count). The SMILES string of the molecule is C[C@@H](NC(=O)c1ccccc1OCCOc1ccccc1)c1ccccc1. The molecule has 1 atom stereocenters. The molecule has 0 saturated carbocycles. The molecule has 0 bridgehead atoms. The van der Waals surface area contributed by atoms with Crippen LogP contribution in [0.2, 0.25) is 0 Å². The fourth-order valence-electron chi connectivity index (χ4n) is 2.71. The molecular weight excluding hydrogens is 338 g/mol. The van der Waals surface area contributed by atoms with Crippen molar-refractivity contribution in [2.75, 3.05) is 13.2 Å². The van der Waals surface area contributed by atoms with Gasteiger partial charge in [-0.25, -0.2) is 0 Å². The predicted octanol–water partition coefficient (Wildman–Crippen LogP) is 4.64. The first kappa shape index (κ1) is 18.5. The van der Waals surface area contributed by atoms with Crippen molar-refractivity contribution in [3.63, 3.8) is 0 Å². The van der Waals surface area contributed by atoms with Crippen LogP contribution in [0, 0.1) is 0 Å². The van der Waals surface area contributed by atoms with E-state index in [9.17, 15) is 4.79 Å². The lowest BCUT2D eigenvalue weighted by Gasteiger charge is -2.16. The number of para-hydroxylation sites is 2. The second kappa shape index (κ2) is 9.43. The summed E-state index contributed by atoms with van der Waals surface area (Å²) in [6, 6.07) is 26.6. The van der Waals surface area contributed by atoms with Crippen molar-refractivity contribution < 1.29 is 14.3 Å².